The second-order valence-corrected chi connectivity index (χ2v) is 13.4. The Kier molecular flexibility index (Phi) is 10.5. The number of aromatic nitrogens is 4. The quantitative estimate of drug-likeness (QED) is 0.115. The number of rotatable bonds is 14. The number of fused-ring (bicyclic) bond motifs is 1. The fourth-order valence-electron chi connectivity index (χ4n) is 3.75. The van der Waals surface area contributed by atoms with Gasteiger partial charge in [0.15, 0.2) is 22.5 Å². The van der Waals surface area contributed by atoms with Crippen LogP contribution in [0.25, 0.3) is 11.2 Å². The number of aliphatic hydroxyl groups excluding tert-OH is 2. The predicted molar refractivity (Wildman–Crippen MR) is 148 cm³/mol. The van der Waals surface area contributed by atoms with Crippen molar-refractivity contribution in [1.29, 1.82) is 0 Å². The fraction of sp³-hybridized carbons (Fsp3) is 0.727. The number of nitrogens with one attached hydrogen (secondary N) is 2. The highest BCUT2D eigenvalue weighted by Gasteiger charge is 2.54. The van der Waals surface area contributed by atoms with Crippen molar-refractivity contribution in [3.05, 3.63) is 16.7 Å². The molecule has 0 saturated carbocycles. The third-order valence-electron chi connectivity index (χ3n) is 6.26. The molecule has 3 rings (SSSR count). The van der Waals surface area contributed by atoms with Crippen LogP contribution in [0.4, 0.5) is 5.95 Å². The van der Waals surface area contributed by atoms with Gasteiger partial charge in [0.05, 0.1) is 31.6 Å². The molecule has 1 aliphatic rings. The van der Waals surface area contributed by atoms with Gasteiger partial charge >= 0.3 is 7.75 Å². The first-order valence-electron chi connectivity index (χ1n) is 12.5. The average Bonchev–Trinajstić information content (AvgIpc) is 3.38. The van der Waals surface area contributed by atoms with Gasteiger partial charge in [0.1, 0.15) is 17.8 Å². The number of carbonyl (C=O) groups is 1. The van der Waals surface area contributed by atoms with Gasteiger partial charge in [-0.05, 0) is 34.9 Å². The van der Waals surface area contributed by atoms with Gasteiger partial charge in [-0.1, -0.05) is 11.8 Å². The van der Waals surface area contributed by atoms with E-state index >= 15 is 0 Å². The SMILES string of the molecule is CN(C)CCNP(=O)(OCCSC(=O)C(C)(C)CO)OC[C@H]1O[C@@H](n2cnc3c(=O)[nH]c(N)nc32)[C@](C)(O)[C@@H]1O. The number of aliphatic hydroxyl groups is 3. The number of nitrogens with two attached hydrogens (primary N) is 1. The van der Waals surface area contributed by atoms with E-state index in [1.165, 1.54) is 17.8 Å². The number of anilines is 1. The minimum absolute atomic E-state index is 0.0375. The molecule has 1 unspecified atom stereocenters. The molecule has 5 atom stereocenters. The molecule has 1 aliphatic heterocycles. The highest BCUT2D eigenvalue weighted by Crippen LogP contribution is 2.46. The fourth-order valence-corrected chi connectivity index (χ4v) is 5.99. The number of hydrogen-bond donors (Lipinski definition) is 6. The lowest BCUT2D eigenvalue weighted by Crippen LogP contribution is -2.44. The van der Waals surface area contributed by atoms with E-state index in [0.29, 0.717) is 6.54 Å². The molecule has 7 N–H and O–H groups in total. The zero-order valence-corrected chi connectivity index (χ0v) is 24.8. The summed E-state index contributed by atoms with van der Waals surface area (Å²) in [5.41, 5.74) is 2.26. The van der Waals surface area contributed by atoms with Crippen LogP contribution in [0, 0.1) is 5.41 Å². The molecule has 3 heterocycles. The lowest BCUT2D eigenvalue weighted by atomic mass is 9.96. The third-order valence-corrected chi connectivity index (χ3v) is 9.06. The van der Waals surface area contributed by atoms with Crippen LogP contribution in [0.5, 0.6) is 0 Å². The molecule has 0 radical (unpaired) electrons. The Balaban J connectivity index is 1.70. The maximum absolute atomic E-state index is 13.5. The number of imidazole rings is 1. The molecule has 1 fully saturated rings. The number of hydrogen-bond acceptors (Lipinski definition) is 14. The maximum atomic E-state index is 13.5. The topological polar surface area (TPSA) is 227 Å². The van der Waals surface area contributed by atoms with Gasteiger partial charge < -0.3 is 30.7 Å². The number of ether oxygens (including phenoxy) is 1. The van der Waals surface area contributed by atoms with E-state index in [-0.39, 0.29) is 47.7 Å². The normalized spacial score (nSPS) is 25.1. The van der Waals surface area contributed by atoms with Gasteiger partial charge in [-0.25, -0.2) is 14.6 Å². The highest BCUT2D eigenvalue weighted by atomic mass is 32.2. The van der Waals surface area contributed by atoms with E-state index in [1.807, 2.05) is 19.0 Å². The van der Waals surface area contributed by atoms with Crippen LogP contribution >= 0.6 is 19.5 Å². The zero-order chi connectivity index (χ0) is 29.9. The van der Waals surface area contributed by atoms with E-state index in [1.54, 1.807) is 13.8 Å². The summed E-state index contributed by atoms with van der Waals surface area (Å²) >= 11 is 0.940. The Morgan fingerprint density at radius 1 is 1.43 bits per heavy atom. The summed E-state index contributed by atoms with van der Waals surface area (Å²) in [6.07, 6.45) is -2.67. The summed E-state index contributed by atoms with van der Waals surface area (Å²) in [5.74, 6) is -0.00760. The lowest BCUT2D eigenvalue weighted by Gasteiger charge is -2.27. The Morgan fingerprint density at radius 2 is 2.12 bits per heavy atom. The van der Waals surface area contributed by atoms with Crippen LogP contribution in [0.2, 0.25) is 0 Å². The molecule has 0 aromatic carbocycles. The molecular formula is C22H38N7O9PS. The van der Waals surface area contributed by atoms with E-state index in [4.69, 9.17) is 19.5 Å². The Bertz CT molecular complexity index is 1290. The van der Waals surface area contributed by atoms with Gasteiger partial charge in [0.2, 0.25) is 5.95 Å². The number of H-pyrrole nitrogens is 1. The van der Waals surface area contributed by atoms with Crippen LogP contribution in [0.3, 0.4) is 0 Å². The number of thioether (sulfide) groups is 1. The van der Waals surface area contributed by atoms with E-state index < -0.39 is 49.4 Å². The average molecular weight is 608 g/mol. The predicted octanol–water partition coefficient (Wildman–Crippen LogP) is -0.718. The summed E-state index contributed by atoms with van der Waals surface area (Å²) in [6, 6.07) is 0. The van der Waals surface area contributed by atoms with Gasteiger partial charge in [0, 0.05) is 18.8 Å². The van der Waals surface area contributed by atoms with Gasteiger partial charge in [-0.3, -0.25) is 28.2 Å². The van der Waals surface area contributed by atoms with Crippen molar-refractivity contribution in [3.63, 3.8) is 0 Å². The highest BCUT2D eigenvalue weighted by molar-refractivity contribution is 8.13. The molecule has 18 heteroatoms. The number of nitrogen functional groups attached to an aromatic ring is 1. The van der Waals surface area contributed by atoms with Gasteiger partial charge in [-0.15, -0.1) is 0 Å². The van der Waals surface area contributed by atoms with Crippen molar-refractivity contribution in [2.24, 2.45) is 5.41 Å². The summed E-state index contributed by atoms with van der Waals surface area (Å²) in [5, 5.41) is 33.8. The molecule has 226 valence electrons. The smallest absolute Gasteiger partial charge is 0.395 e. The van der Waals surface area contributed by atoms with Gasteiger partial charge in [-0.2, -0.15) is 4.98 Å². The molecule has 16 nitrogen and oxygen atoms in total. The van der Waals surface area contributed by atoms with Crippen LogP contribution in [-0.4, -0.2) is 115 Å². The Hall–Kier alpha value is -1.92. The van der Waals surface area contributed by atoms with Crippen molar-refractivity contribution >= 4 is 41.7 Å². The summed E-state index contributed by atoms with van der Waals surface area (Å²) in [6.45, 7) is 4.46. The molecule has 0 spiro atoms. The van der Waals surface area contributed by atoms with E-state index in [0.717, 1.165) is 11.8 Å². The summed E-state index contributed by atoms with van der Waals surface area (Å²) in [7, 11) is -0.285. The Morgan fingerprint density at radius 3 is 2.77 bits per heavy atom. The molecular weight excluding hydrogens is 569 g/mol. The van der Waals surface area contributed by atoms with Crippen molar-refractivity contribution in [2.75, 3.05) is 58.5 Å². The minimum Gasteiger partial charge on any atom is -0.395 e. The standard InChI is InChI=1S/C22H38N7O9PS/c1-21(2,11-30)19(33)40-9-8-36-39(35,25-6-7-28(4)5)37-10-13-15(31)22(3,34)18(38-13)29-12-24-14-16(29)26-20(23)27-17(14)32/h12-13,15,18,30-31,34H,6-11H2,1-5H3,(H,25,35)(H3,23,26,27,32)/t13-,15-,18-,22-,39?/m1/s1. The second-order valence-electron chi connectivity index (χ2n) is 10.5. The molecule has 0 amide bonds. The first-order chi connectivity index (χ1) is 18.6. The second kappa shape index (κ2) is 12.9. The Labute approximate surface area is 235 Å². The van der Waals surface area contributed by atoms with Crippen LogP contribution in [0.1, 0.15) is 27.0 Å². The van der Waals surface area contributed by atoms with E-state index in [9.17, 15) is 29.5 Å². The minimum atomic E-state index is -3.95. The van der Waals surface area contributed by atoms with Crippen molar-refractivity contribution in [1.82, 2.24) is 29.5 Å². The number of carbonyl (C=O) groups excluding carboxylic acids is 1. The molecule has 2 aromatic heterocycles. The van der Waals surface area contributed by atoms with Crippen LogP contribution in [0.15, 0.2) is 11.1 Å². The zero-order valence-electron chi connectivity index (χ0n) is 23.1. The first kappa shape index (κ1) is 32.6. The van der Waals surface area contributed by atoms with Gasteiger partial charge in [0.25, 0.3) is 5.56 Å². The first-order valence-corrected chi connectivity index (χ1v) is 15.0. The maximum Gasteiger partial charge on any atom is 0.405 e. The summed E-state index contributed by atoms with van der Waals surface area (Å²) in [4.78, 5) is 36.6. The van der Waals surface area contributed by atoms with Crippen molar-refractivity contribution in [2.45, 2.75) is 44.8 Å². The van der Waals surface area contributed by atoms with Crippen LogP contribution < -0.4 is 16.4 Å². The molecule has 2 aromatic rings. The molecule has 0 aliphatic carbocycles. The molecule has 40 heavy (non-hydrogen) atoms. The van der Waals surface area contributed by atoms with Crippen LogP contribution in [-0.2, 0) is 23.1 Å². The lowest BCUT2D eigenvalue weighted by molar-refractivity contribution is -0.119. The molecule has 1 saturated heterocycles. The summed E-state index contributed by atoms with van der Waals surface area (Å²) < 4.78 is 31.8. The van der Waals surface area contributed by atoms with Crippen molar-refractivity contribution < 1.29 is 38.5 Å². The van der Waals surface area contributed by atoms with E-state index in [2.05, 4.69) is 20.0 Å². The van der Waals surface area contributed by atoms with Crippen molar-refractivity contribution in [3.8, 4) is 0 Å². The number of aromatic amines is 1. The largest absolute Gasteiger partial charge is 0.405 e. The monoisotopic (exact) mass is 607 g/mol. The number of likely N-dealkylation sites (N-methyl/N-ethyl adjacent to an activating group) is 1. The molecule has 0 bridgehead atoms. The third kappa shape index (κ3) is 7.47. The number of nitrogens with zero attached hydrogens (tertiary/aromatic N) is 4.